The normalized spacial score (nSPS) is 22.9. The molecule has 0 spiro atoms. The van der Waals surface area contributed by atoms with Crippen LogP contribution in [-0.2, 0) is 5.41 Å². The molecular formula is C12H16ClNO. The van der Waals surface area contributed by atoms with Gasteiger partial charge in [-0.2, -0.15) is 0 Å². The Morgan fingerprint density at radius 1 is 1.33 bits per heavy atom. The third-order valence-corrected chi connectivity index (χ3v) is 2.99. The van der Waals surface area contributed by atoms with Gasteiger partial charge in [-0.1, -0.05) is 38.1 Å². The largest absolute Gasteiger partial charge is 0.321 e. The first kappa shape index (κ1) is 12.2. The van der Waals surface area contributed by atoms with Crippen LogP contribution in [0.15, 0.2) is 24.3 Å². The van der Waals surface area contributed by atoms with E-state index in [1.165, 1.54) is 0 Å². The minimum absolute atomic E-state index is 0. The summed E-state index contributed by atoms with van der Waals surface area (Å²) in [7, 11) is 0. The summed E-state index contributed by atoms with van der Waals surface area (Å²) in [6.45, 7) is 4.27. The standard InChI is InChI=1S/C12H15NO.ClH/c1-12(2)7-10(13)11(14)8-5-3-4-6-9(8)12;/h3-6,10H,7,13H2,1-2H3;1H. The van der Waals surface area contributed by atoms with Crippen LogP contribution in [0, 0.1) is 0 Å². The van der Waals surface area contributed by atoms with E-state index in [1.54, 1.807) is 0 Å². The minimum Gasteiger partial charge on any atom is -0.321 e. The van der Waals surface area contributed by atoms with Crippen molar-refractivity contribution in [2.75, 3.05) is 0 Å². The number of rotatable bonds is 0. The van der Waals surface area contributed by atoms with Gasteiger partial charge in [0.15, 0.2) is 5.78 Å². The third kappa shape index (κ3) is 1.92. The zero-order chi connectivity index (χ0) is 10.3. The highest BCUT2D eigenvalue weighted by Crippen LogP contribution is 2.35. The van der Waals surface area contributed by atoms with Gasteiger partial charge in [0.2, 0.25) is 0 Å². The molecule has 1 unspecified atom stereocenters. The summed E-state index contributed by atoms with van der Waals surface area (Å²) in [5, 5.41) is 0. The van der Waals surface area contributed by atoms with Crippen LogP contribution in [0.2, 0.25) is 0 Å². The number of Topliss-reactive ketones (excluding diaryl/α,β-unsaturated/α-hetero) is 1. The number of nitrogens with two attached hydrogens (primary N) is 1. The van der Waals surface area contributed by atoms with Crippen LogP contribution >= 0.6 is 12.4 Å². The summed E-state index contributed by atoms with van der Waals surface area (Å²) in [6, 6.07) is 7.44. The van der Waals surface area contributed by atoms with E-state index >= 15 is 0 Å². The summed E-state index contributed by atoms with van der Waals surface area (Å²) >= 11 is 0. The van der Waals surface area contributed by atoms with Crippen molar-refractivity contribution in [3.63, 3.8) is 0 Å². The summed E-state index contributed by atoms with van der Waals surface area (Å²) in [6.07, 6.45) is 0.739. The highest BCUT2D eigenvalue weighted by molar-refractivity contribution is 6.02. The van der Waals surface area contributed by atoms with Crippen LogP contribution in [-0.4, -0.2) is 11.8 Å². The second-order valence-electron chi connectivity index (χ2n) is 4.60. The maximum atomic E-state index is 11.8. The predicted molar refractivity (Wildman–Crippen MR) is 63.6 cm³/mol. The molecule has 1 aromatic rings. The number of fused-ring (bicyclic) bond motifs is 1. The summed E-state index contributed by atoms with van der Waals surface area (Å²) in [5.74, 6) is 0.0833. The molecule has 1 aliphatic rings. The van der Waals surface area contributed by atoms with E-state index in [0.717, 1.165) is 17.5 Å². The second kappa shape index (κ2) is 3.95. The number of carbonyl (C=O) groups is 1. The van der Waals surface area contributed by atoms with Crippen molar-refractivity contribution in [1.29, 1.82) is 0 Å². The molecule has 0 fully saturated rings. The first-order valence-electron chi connectivity index (χ1n) is 4.92. The molecule has 0 aliphatic heterocycles. The molecule has 1 aromatic carbocycles. The first-order chi connectivity index (χ1) is 6.52. The Kier molecular flexibility index (Phi) is 3.22. The van der Waals surface area contributed by atoms with E-state index in [9.17, 15) is 4.79 Å². The fraction of sp³-hybridized carbons (Fsp3) is 0.417. The van der Waals surface area contributed by atoms with Crippen LogP contribution < -0.4 is 5.73 Å². The Bertz CT molecular complexity index is 387. The van der Waals surface area contributed by atoms with E-state index in [4.69, 9.17) is 5.73 Å². The molecular weight excluding hydrogens is 210 g/mol. The molecule has 1 aliphatic carbocycles. The lowest BCUT2D eigenvalue weighted by molar-refractivity contribution is 0.0929. The van der Waals surface area contributed by atoms with Gasteiger partial charge in [-0.25, -0.2) is 0 Å². The van der Waals surface area contributed by atoms with Gasteiger partial charge in [0.1, 0.15) is 0 Å². The molecule has 0 bridgehead atoms. The number of carbonyl (C=O) groups excluding carboxylic acids is 1. The number of ketones is 1. The maximum Gasteiger partial charge on any atom is 0.179 e. The van der Waals surface area contributed by atoms with Gasteiger partial charge in [0.05, 0.1) is 6.04 Å². The lowest BCUT2D eigenvalue weighted by Crippen LogP contribution is -2.42. The Balaban J connectivity index is 0.00000112. The molecule has 0 aromatic heterocycles. The monoisotopic (exact) mass is 225 g/mol. The molecule has 1 atom stereocenters. The molecule has 3 heteroatoms. The number of hydrogen-bond donors (Lipinski definition) is 1. The molecule has 0 amide bonds. The lowest BCUT2D eigenvalue weighted by atomic mass is 9.70. The minimum atomic E-state index is -0.333. The molecule has 2 N–H and O–H groups in total. The topological polar surface area (TPSA) is 43.1 Å². The van der Waals surface area contributed by atoms with Gasteiger partial charge in [0, 0.05) is 5.56 Å². The maximum absolute atomic E-state index is 11.8. The zero-order valence-electron chi connectivity index (χ0n) is 8.99. The molecule has 15 heavy (non-hydrogen) atoms. The first-order valence-corrected chi connectivity index (χ1v) is 4.92. The average Bonchev–Trinajstić information content (AvgIpc) is 2.14. The van der Waals surface area contributed by atoms with E-state index in [2.05, 4.69) is 13.8 Å². The Hall–Kier alpha value is -0.860. The number of hydrogen-bond acceptors (Lipinski definition) is 2. The molecule has 0 radical (unpaired) electrons. The van der Waals surface area contributed by atoms with Crippen LogP contribution in [0.1, 0.15) is 36.2 Å². The quantitative estimate of drug-likeness (QED) is 0.736. The van der Waals surface area contributed by atoms with Crippen LogP contribution in [0.3, 0.4) is 0 Å². The summed E-state index contributed by atoms with van der Waals surface area (Å²) < 4.78 is 0. The number of benzene rings is 1. The second-order valence-corrected chi connectivity index (χ2v) is 4.60. The van der Waals surface area contributed by atoms with Crippen molar-refractivity contribution in [3.8, 4) is 0 Å². The molecule has 2 rings (SSSR count). The SMILES string of the molecule is CC1(C)CC(N)C(=O)c2ccccc21.Cl. The van der Waals surface area contributed by atoms with Gasteiger partial charge >= 0.3 is 0 Å². The van der Waals surface area contributed by atoms with Crippen molar-refractivity contribution in [3.05, 3.63) is 35.4 Å². The highest BCUT2D eigenvalue weighted by atomic mass is 35.5. The fourth-order valence-corrected chi connectivity index (χ4v) is 2.24. The van der Waals surface area contributed by atoms with Crippen LogP contribution in [0.4, 0.5) is 0 Å². The van der Waals surface area contributed by atoms with Gasteiger partial charge in [-0.05, 0) is 17.4 Å². The van der Waals surface area contributed by atoms with Crippen molar-refractivity contribution in [2.24, 2.45) is 5.73 Å². The van der Waals surface area contributed by atoms with Crippen molar-refractivity contribution >= 4 is 18.2 Å². The lowest BCUT2D eigenvalue weighted by Gasteiger charge is -2.34. The summed E-state index contributed by atoms with van der Waals surface area (Å²) in [4.78, 5) is 11.8. The highest BCUT2D eigenvalue weighted by Gasteiger charge is 2.35. The predicted octanol–water partition coefficient (Wildman–Crippen LogP) is 2.30. The van der Waals surface area contributed by atoms with Crippen molar-refractivity contribution in [1.82, 2.24) is 0 Å². The summed E-state index contributed by atoms with van der Waals surface area (Å²) in [5.41, 5.74) is 7.77. The molecule has 0 heterocycles. The molecule has 2 nitrogen and oxygen atoms in total. The number of halogens is 1. The van der Waals surface area contributed by atoms with Crippen LogP contribution in [0.25, 0.3) is 0 Å². The average molecular weight is 226 g/mol. The Morgan fingerprint density at radius 2 is 1.93 bits per heavy atom. The molecule has 0 saturated carbocycles. The smallest absolute Gasteiger partial charge is 0.179 e. The van der Waals surface area contributed by atoms with Gasteiger partial charge in [-0.15, -0.1) is 12.4 Å². The third-order valence-electron chi connectivity index (χ3n) is 2.99. The Morgan fingerprint density at radius 3 is 2.60 bits per heavy atom. The van der Waals surface area contributed by atoms with Crippen molar-refractivity contribution in [2.45, 2.75) is 31.7 Å². The van der Waals surface area contributed by atoms with Gasteiger partial charge in [-0.3, -0.25) is 4.79 Å². The van der Waals surface area contributed by atoms with E-state index < -0.39 is 0 Å². The van der Waals surface area contributed by atoms with Crippen molar-refractivity contribution < 1.29 is 4.79 Å². The van der Waals surface area contributed by atoms with Gasteiger partial charge in [0.25, 0.3) is 0 Å². The molecule has 0 saturated heterocycles. The van der Waals surface area contributed by atoms with Crippen LogP contribution in [0.5, 0.6) is 0 Å². The van der Waals surface area contributed by atoms with E-state index in [1.807, 2.05) is 24.3 Å². The zero-order valence-corrected chi connectivity index (χ0v) is 9.80. The van der Waals surface area contributed by atoms with Gasteiger partial charge < -0.3 is 5.73 Å². The fourth-order valence-electron chi connectivity index (χ4n) is 2.24. The van der Waals surface area contributed by atoms with E-state index in [0.29, 0.717) is 0 Å². The Labute approximate surface area is 96.3 Å². The van der Waals surface area contributed by atoms with E-state index in [-0.39, 0.29) is 29.6 Å². The molecule has 82 valence electrons.